The first-order chi connectivity index (χ1) is 48.6. The minimum absolute atomic E-state index is 0. The zero-order valence-corrected chi connectivity index (χ0v) is 60.4. The Morgan fingerprint density at radius 1 is 0.340 bits per heavy atom. The second kappa shape index (κ2) is 38.8. The number of methoxy groups -OCH3 is 2. The van der Waals surface area contributed by atoms with Crippen molar-refractivity contribution in [3.8, 4) is 57.5 Å². The predicted molar refractivity (Wildman–Crippen MR) is 400 cm³/mol. The van der Waals surface area contributed by atoms with Crippen molar-refractivity contribution in [2.24, 2.45) is 0 Å². The number of nitro benzene ring substituents is 3. The molecule has 0 spiro atoms. The summed E-state index contributed by atoms with van der Waals surface area (Å²) in [7, 11) is 3.25. The van der Waals surface area contributed by atoms with Crippen LogP contribution in [0, 0.1) is 43.3 Å². The number of fused-ring (bicyclic) bond motifs is 6. The van der Waals surface area contributed by atoms with Gasteiger partial charge in [0.25, 0.3) is 17.1 Å². The Morgan fingerprint density at radius 3 is 1.31 bits per heavy atom. The van der Waals surface area contributed by atoms with Crippen LogP contribution < -0.4 is 9.47 Å². The fourth-order valence-corrected chi connectivity index (χ4v) is 9.57. The average molecular weight is 1890 g/mol. The van der Waals surface area contributed by atoms with Crippen molar-refractivity contribution in [3.63, 3.8) is 0 Å². The van der Waals surface area contributed by atoms with E-state index in [9.17, 15) is 55.9 Å². The van der Waals surface area contributed by atoms with Crippen molar-refractivity contribution in [1.82, 2.24) is 0 Å². The van der Waals surface area contributed by atoms with Crippen LogP contribution in [0.15, 0.2) is 308 Å². The maximum atomic E-state index is 10.1. The standard InChI is InChI=1S/2C11H10O2.C11H10O.C10H8O.C10H7O.C10H8O.2C6H5NO3.C6H5NO2S.2No/c1-13-11-5-3-8-2-4-10(12)6-9(8)7-11;1-13-11-7-6-10(12)8-4-2-3-5-9(8)11;1-8-6-7-9-4-2-3-5-10(9)11(8)12;2*11-10-7-3-5-8-4-1-2-6-9(8)10;11-10-6-5-8-3-1-2-4-9(8)7-10;8-6-3-1-5(2-4-6)7(9)10;8-6-3-1-2-5(4-6)7(9)10;8-7(9)5-1-3-6(10)4-2-5;;/h2*2-7,12H,1H3;2-7,12H,1H3;1-7,11H;1-6,11H;1-7,11H;2*1-4,8H;1-4,10H;;/q;;;;-1;;;;;;. The zero-order chi connectivity index (χ0) is 72.8. The van der Waals surface area contributed by atoms with Crippen LogP contribution in [0.3, 0.4) is 0 Å². The van der Waals surface area contributed by atoms with Gasteiger partial charge in [0.15, 0.2) is 0 Å². The minimum atomic E-state index is -0.556. The van der Waals surface area contributed by atoms with Gasteiger partial charge in [-0.1, -0.05) is 169 Å². The summed E-state index contributed by atoms with van der Waals surface area (Å²) in [6, 6.07) is 90.7. The Labute approximate surface area is 585 Å². The number of non-ortho nitro benzene ring substituents is 3. The van der Waals surface area contributed by atoms with Gasteiger partial charge in [0.2, 0.25) is 0 Å². The van der Waals surface area contributed by atoms with Crippen LogP contribution in [0.4, 0.5) is 17.1 Å². The number of thiol groups is 1. The molecule has 0 aliphatic carbocycles. The van der Waals surface area contributed by atoms with E-state index in [1.54, 1.807) is 74.9 Å². The molecule has 8 N–H and O–H groups in total. The molecule has 15 rings (SSSR count). The number of nitrogens with zero attached hydrogens (tertiary/aromatic N) is 3. The first kappa shape index (κ1) is 78.1. The Balaban J connectivity index is 0.000000208. The number of nitro groups is 3. The molecule has 15 aromatic rings. The number of phenols is 8. The van der Waals surface area contributed by atoms with Crippen LogP contribution in [0.25, 0.3) is 64.6 Å². The number of aromatic hydroxyl groups is 8. The van der Waals surface area contributed by atoms with Gasteiger partial charge in [-0.2, -0.15) is 12.1 Å². The molecule has 0 radical (unpaired) electrons. The van der Waals surface area contributed by atoms with Gasteiger partial charge in [-0.3, -0.25) is 30.3 Å². The van der Waals surface area contributed by atoms with Gasteiger partial charge in [-0.15, -0.1) is 30.1 Å². The topological polar surface area (TPSA) is 310 Å². The van der Waals surface area contributed by atoms with E-state index in [4.69, 9.17) is 24.8 Å². The Morgan fingerprint density at radius 2 is 0.767 bits per heavy atom. The molecule has 0 saturated heterocycles. The minimum Gasteiger partial charge on any atom is -0.533 e. The van der Waals surface area contributed by atoms with Gasteiger partial charge in [-0.25, -0.2) is 0 Å². The van der Waals surface area contributed by atoms with Gasteiger partial charge in [0, 0.05) is 62.5 Å². The number of hydrogen-bond donors (Lipinski definition) is 9. The van der Waals surface area contributed by atoms with Crippen molar-refractivity contribution in [2.45, 2.75) is 11.8 Å². The smallest absolute Gasteiger partial charge is 0.273 e. The molecule has 22 heteroatoms. The van der Waals surface area contributed by atoms with E-state index < -0.39 is 14.8 Å². The van der Waals surface area contributed by atoms with Gasteiger partial charge in [0.05, 0.1) is 35.1 Å². The molecule has 0 saturated carbocycles. The Hall–Kier alpha value is -15.6. The van der Waals surface area contributed by atoms with Crippen LogP contribution in [-0.4, -0.2) is 69.8 Å². The van der Waals surface area contributed by atoms with Gasteiger partial charge in [-0.05, 0) is 130 Å². The summed E-state index contributed by atoms with van der Waals surface area (Å²) in [5, 5.41) is 116. The summed E-state index contributed by atoms with van der Waals surface area (Å²) in [6.45, 7) is 1.90. The molecule has 0 fully saturated rings. The number of rotatable bonds is 5. The van der Waals surface area contributed by atoms with Crippen molar-refractivity contribution in [1.29, 1.82) is 0 Å². The van der Waals surface area contributed by atoms with Crippen molar-refractivity contribution in [2.75, 3.05) is 14.2 Å². The molecular weight excluding hydrogens is 1820 g/mol. The normalized spacial score (nSPS) is 9.75. The molecule has 538 valence electrons. The van der Waals surface area contributed by atoms with Crippen molar-refractivity contribution in [3.05, 3.63) is 345 Å². The van der Waals surface area contributed by atoms with Crippen LogP contribution in [-0.2, 0) is 0 Å². The number of ether oxygens (including phenoxy) is 2. The number of phenolic OH excluding ortho intramolecular Hbond substituents is 8. The molecule has 0 aromatic heterocycles. The molecule has 19 nitrogen and oxygen atoms in total. The molecule has 0 heterocycles. The molecule has 0 atom stereocenters. The Bertz CT molecular complexity index is 5100. The summed E-state index contributed by atoms with van der Waals surface area (Å²) < 4.78 is 10.3. The number of benzene rings is 15. The third kappa shape index (κ3) is 23.3. The molecule has 0 aliphatic heterocycles. The second-order valence-corrected chi connectivity index (χ2v) is 22.0. The van der Waals surface area contributed by atoms with Crippen LogP contribution in [0.5, 0.6) is 57.5 Å². The molecule has 0 bridgehead atoms. The summed E-state index contributed by atoms with van der Waals surface area (Å²) in [6.07, 6.45) is 0. The summed E-state index contributed by atoms with van der Waals surface area (Å²) >= 11 is 3.98. The molecule has 0 amide bonds. The largest absolute Gasteiger partial charge is 0.533 e. The van der Waals surface area contributed by atoms with E-state index >= 15 is 0 Å². The van der Waals surface area contributed by atoms with E-state index in [1.807, 2.05) is 189 Å². The summed E-state index contributed by atoms with van der Waals surface area (Å²) in [5.74, 6) is 3.39. The summed E-state index contributed by atoms with van der Waals surface area (Å²) in [5.41, 5.74) is 0.907. The quantitative estimate of drug-likeness (QED) is 0.0335. The van der Waals surface area contributed by atoms with Crippen LogP contribution >= 0.6 is 12.6 Å². The van der Waals surface area contributed by atoms with E-state index in [0.717, 1.165) is 92.7 Å². The Kier molecular flexibility index (Phi) is 29.4. The predicted octanol–water partition coefficient (Wildman–Crippen LogP) is 19.9. The molecular formula is C81H68N3No2O16S-. The molecule has 0 aliphatic rings. The average Bonchev–Trinajstić information content (AvgIpc) is 0.747. The van der Waals surface area contributed by atoms with Gasteiger partial charge >= 0.3 is 0 Å². The van der Waals surface area contributed by atoms with Gasteiger partial charge in [0.1, 0.15) is 51.7 Å². The first-order valence-electron chi connectivity index (χ1n) is 30.5. The maximum absolute atomic E-state index is 10.1. The number of aryl methyl sites for hydroxylation is 1. The van der Waals surface area contributed by atoms with E-state index in [0.29, 0.717) is 17.2 Å². The maximum Gasteiger partial charge on any atom is 0.273 e. The van der Waals surface area contributed by atoms with Crippen LogP contribution in [0.2, 0.25) is 0 Å². The monoisotopic (exact) mass is 1890 g/mol. The van der Waals surface area contributed by atoms with Crippen molar-refractivity contribution < 1.29 is 65.1 Å². The second-order valence-electron chi connectivity index (χ2n) is 21.4. The first-order valence-corrected chi connectivity index (χ1v) is 31.0. The SMILES string of the molecule is COc1ccc(O)c2ccccc12.COc1ccc2ccc(O)cc2c1.Cc1ccc2ccccc2c1O.O=[N+]([O-])c1ccc(O)cc1.O=[N+]([O-])c1ccc(S)cc1.O=[N+]([O-])c1cccc(O)c1.Oc1[c-]ccc2ccccc12.Oc1ccc2ccccc2c1.Oc1cccc2ccccc12.[No].[No]. The summed E-state index contributed by atoms with van der Waals surface area (Å²) in [4.78, 5) is 29.4. The van der Waals surface area contributed by atoms with E-state index in [2.05, 4.69) is 18.7 Å². The van der Waals surface area contributed by atoms with Crippen LogP contribution in [0.1, 0.15) is 5.56 Å². The van der Waals surface area contributed by atoms with E-state index in [1.165, 1.54) is 54.6 Å². The number of hydrogen-bond acceptors (Lipinski definition) is 17. The molecule has 0 unspecified atom stereocenters. The molecule has 103 heavy (non-hydrogen) atoms. The fourth-order valence-electron chi connectivity index (χ4n) is 9.42. The van der Waals surface area contributed by atoms with Gasteiger partial charge < -0.3 is 50.3 Å². The third-order valence-electron chi connectivity index (χ3n) is 14.6. The molecule has 15 aromatic carbocycles. The van der Waals surface area contributed by atoms with E-state index in [-0.39, 0.29) is 45.8 Å². The fraction of sp³-hybridized carbons (Fsp3) is 0.0370. The van der Waals surface area contributed by atoms with Crippen molar-refractivity contribution >= 4 is 94.3 Å². The zero-order valence-electron chi connectivity index (χ0n) is 55.0. The third-order valence-corrected chi connectivity index (χ3v) is 14.9.